The van der Waals surface area contributed by atoms with Crippen molar-refractivity contribution in [3.63, 3.8) is 0 Å². The van der Waals surface area contributed by atoms with Crippen LogP contribution in [0, 0.1) is 5.82 Å². The second-order valence-corrected chi connectivity index (χ2v) is 11.9. The zero-order valence-corrected chi connectivity index (χ0v) is 20.7. The van der Waals surface area contributed by atoms with Crippen molar-refractivity contribution in [2.24, 2.45) is 0 Å². The monoisotopic (exact) mass is 520 g/mol. The summed E-state index contributed by atoms with van der Waals surface area (Å²) in [4.78, 5) is 10.9. The molecule has 12 heteroatoms. The van der Waals surface area contributed by atoms with Gasteiger partial charge in [-0.05, 0) is 36.6 Å². The van der Waals surface area contributed by atoms with Crippen LogP contribution in [-0.2, 0) is 29.2 Å². The SMILES string of the molecule is CS(=O)(=O)CCNCCn1cc2c(n1)CCc1c-2sc2ncnc(Nc3ccc(F)c(Cl)c3)c12. The quantitative estimate of drug-likeness (QED) is 0.340. The molecule has 8 nitrogen and oxygen atoms in total. The van der Waals surface area contributed by atoms with Crippen molar-refractivity contribution in [3.8, 4) is 10.4 Å². The van der Waals surface area contributed by atoms with Gasteiger partial charge in [0, 0.05) is 41.7 Å². The Morgan fingerprint density at radius 3 is 2.88 bits per heavy atom. The summed E-state index contributed by atoms with van der Waals surface area (Å²) in [5, 5.41) is 12.2. The number of aryl methyl sites for hydroxylation is 2. The number of hydrogen-bond donors (Lipinski definition) is 2. The van der Waals surface area contributed by atoms with Crippen LogP contribution < -0.4 is 10.6 Å². The van der Waals surface area contributed by atoms with E-state index in [2.05, 4.69) is 20.6 Å². The van der Waals surface area contributed by atoms with Crippen LogP contribution in [0.15, 0.2) is 30.7 Å². The lowest BCUT2D eigenvalue weighted by atomic mass is 9.95. The first kappa shape index (κ1) is 23.2. The Hall–Kier alpha value is -2.60. The molecule has 1 aliphatic carbocycles. The molecule has 5 rings (SSSR count). The molecule has 3 aromatic heterocycles. The highest BCUT2D eigenvalue weighted by Gasteiger charge is 2.26. The van der Waals surface area contributed by atoms with Gasteiger partial charge in [-0.2, -0.15) is 5.10 Å². The van der Waals surface area contributed by atoms with E-state index < -0.39 is 15.7 Å². The smallest absolute Gasteiger partial charge is 0.148 e. The van der Waals surface area contributed by atoms with Crippen LogP contribution in [0.3, 0.4) is 0 Å². The van der Waals surface area contributed by atoms with E-state index in [1.54, 1.807) is 17.4 Å². The van der Waals surface area contributed by atoms with Crippen LogP contribution in [0.2, 0.25) is 5.02 Å². The molecule has 0 bridgehead atoms. The van der Waals surface area contributed by atoms with Gasteiger partial charge in [0.2, 0.25) is 0 Å². The molecular weight excluding hydrogens is 499 g/mol. The summed E-state index contributed by atoms with van der Waals surface area (Å²) in [6, 6.07) is 4.48. The van der Waals surface area contributed by atoms with E-state index >= 15 is 0 Å². The van der Waals surface area contributed by atoms with Crippen LogP contribution in [0.25, 0.3) is 20.7 Å². The molecule has 178 valence electrons. The van der Waals surface area contributed by atoms with Crippen molar-refractivity contribution in [1.82, 2.24) is 25.1 Å². The number of nitrogens with zero attached hydrogens (tertiary/aromatic N) is 4. The minimum Gasteiger partial charge on any atom is -0.340 e. The summed E-state index contributed by atoms with van der Waals surface area (Å²) in [6.07, 6.45) is 6.42. The van der Waals surface area contributed by atoms with Gasteiger partial charge in [0.15, 0.2) is 0 Å². The van der Waals surface area contributed by atoms with Gasteiger partial charge in [-0.1, -0.05) is 11.6 Å². The van der Waals surface area contributed by atoms with Gasteiger partial charge in [0.05, 0.1) is 28.4 Å². The van der Waals surface area contributed by atoms with Gasteiger partial charge in [0.25, 0.3) is 0 Å². The zero-order chi connectivity index (χ0) is 23.9. The average molecular weight is 521 g/mol. The number of fused-ring (bicyclic) bond motifs is 5. The predicted molar refractivity (Wildman–Crippen MR) is 133 cm³/mol. The Labute approximate surface area is 205 Å². The maximum absolute atomic E-state index is 13.6. The Morgan fingerprint density at radius 2 is 2.09 bits per heavy atom. The number of thiophene rings is 1. The number of sulfone groups is 1. The normalized spacial score (nSPS) is 13.1. The molecule has 0 aliphatic heterocycles. The number of hydrogen-bond acceptors (Lipinski definition) is 8. The first-order valence-electron chi connectivity index (χ1n) is 10.7. The van der Waals surface area contributed by atoms with E-state index in [4.69, 9.17) is 16.7 Å². The van der Waals surface area contributed by atoms with Crippen LogP contribution >= 0.6 is 22.9 Å². The Morgan fingerprint density at radius 1 is 1.24 bits per heavy atom. The second-order valence-electron chi connectivity index (χ2n) is 8.20. The lowest BCUT2D eigenvalue weighted by Crippen LogP contribution is -2.26. The average Bonchev–Trinajstić information content (AvgIpc) is 3.36. The van der Waals surface area contributed by atoms with Gasteiger partial charge in [0.1, 0.15) is 32.6 Å². The van der Waals surface area contributed by atoms with Crippen LogP contribution in [0.5, 0.6) is 0 Å². The van der Waals surface area contributed by atoms with Crippen molar-refractivity contribution in [2.45, 2.75) is 19.4 Å². The molecule has 0 atom stereocenters. The summed E-state index contributed by atoms with van der Waals surface area (Å²) in [5.74, 6) is 0.314. The lowest BCUT2D eigenvalue weighted by molar-refractivity contribution is 0.555. The number of benzene rings is 1. The first-order valence-corrected chi connectivity index (χ1v) is 14.0. The highest BCUT2D eigenvalue weighted by Crippen LogP contribution is 2.45. The molecule has 0 saturated heterocycles. The van der Waals surface area contributed by atoms with Gasteiger partial charge >= 0.3 is 0 Å². The van der Waals surface area contributed by atoms with E-state index in [1.165, 1.54) is 30.3 Å². The number of rotatable bonds is 8. The summed E-state index contributed by atoms with van der Waals surface area (Å²) in [6.45, 7) is 1.71. The number of aromatic nitrogens is 4. The van der Waals surface area contributed by atoms with Crippen molar-refractivity contribution in [1.29, 1.82) is 0 Å². The van der Waals surface area contributed by atoms with Crippen LogP contribution in [0.1, 0.15) is 11.3 Å². The Bertz CT molecular complexity index is 1480. The largest absolute Gasteiger partial charge is 0.340 e. The molecule has 0 amide bonds. The number of anilines is 2. The molecule has 0 fully saturated rings. The molecule has 0 saturated carbocycles. The maximum atomic E-state index is 13.6. The summed E-state index contributed by atoms with van der Waals surface area (Å²) >= 11 is 7.55. The summed E-state index contributed by atoms with van der Waals surface area (Å²) in [5.41, 5.74) is 3.97. The minimum absolute atomic E-state index is 0.0468. The molecular formula is C22H22ClFN6O2S2. The fourth-order valence-corrected chi connectivity index (χ4v) is 5.94. The number of nitrogens with one attached hydrogen (secondary N) is 2. The van der Waals surface area contributed by atoms with E-state index in [9.17, 15) is 12.8 Å². The van der Waals surface area contributed by atoms with Gasteiger partial charge in [-0.15, -0.1) is 11.3 Å². The van der Waals surface area contributed by atoms with E-state index in [1.807, 2.05) is 10.9 Å². The minimum atomic E-state index is -2.97. The lowest BCUT2D eigenvalue weighted by Gasteiger charge is -2.12. The standard InChI is InChI=1S/C22H22ClFN6O2S2/c1-34(31,32)9-7-25-6-8-30-11-15-18(29-30)5-3-14-19-21(26-12-27-22(19)33-20(14)15)28-13-2-4-17(24)16(23)10-13/h2,4,10-12,25H,3,5-9H2,1H3,(H,26,27,28). The first-order chi connectivity index (χ1) is 16.3. The molecule has 0 spiro atoms. The highest BCUT2D eigenvalue weighted by molar-refractivity contribution is 7.90. The summed E-state index contributed by atoms with van der Waals surface area (Å²) < 4.78 is 38.0. The fourth-order valence-electron chi connectivity index (χ4n) is 4.02. The summed E-state index contributed by atoms with van der Waals surface area (Å²) in [7, 11) is -2.97. The zero-order valence-electron chi connectivity index (χ0n) is 18.3. The Kier molecular flexibility index (Phi) is 6.28. The highest BCUT2D eigenvalue weighted by atomic mass is 35.5. The third-order valence-electron chi connectivity index (χ3n) is 5.63. The maximum Gasteiger partial charge on any atom is 0.148 e. The topological polar surface area (TPSA) is 102 Å². The predicted octanol–water partition coefficient (Wildman–Crippen LogP) is 3.82. The van der Waals surface area contributed by atoms with E-state index in [0.29, 0.717) is 31.1 Å². The van der Waals surface area contributed by atoms with Crippen molar-refractivity contribution >= 4 is 54.5 Å². The second kappa shape index (κ2) is 9.21. The fraction of sp³-hybridized carbons (Fsp3) is 0.318. The molecule has 34 heavy (non-hydrogen) atoms. The van der Waals surface area contributed by atoms with Crippen LogP contribution in [-0.4, -0.2) is 53.3 Å². The van der Waals surface area contributed by atoms with Gasteiger partial charge < -0.3 is 10.6 Å². The number of halogens is 2. The molecule has 0 unspecified atom stereocenters. The van der Waals surface area contributed by atoms with Gasteiger partial charge in [-0.3, -0.25) is 4.68 Å². The molecule has 0 radical (unpaired) electrons. The van der Waals surface area contributed by atoms with E-state index in [-0.39, 0.29) is 10.8 Å². The van der Waals surface area contributed by atoms with E-state index in [0.717, 1.165) is 39.2 Å². The van der Waals surface area contributed by atoms with Crippen molar-refractivity contribution < 1.29 is 12.8 Å². The van der Waals surface area contributed by atoms with Crippen LogP contribution in [0.4, 0.5) is 15.9 Å². The van der Waals surface area contributed by atoms with Crippen molar-refractivity contribution in [2.75, 3.05) is 30.4 Å². The molecule has 2 N–H and O–H groups in total. The third kappa shape index (κ3) is 4.78. The van der Waals surface area contributed by atoms with Crippen molar-refractivity contribution in [3.05, 3.63) is 52.8 Å². The molecule has 1 aliphatic rings. The third-order valence-corrected chi connectivity index (χ3v) is 8.04. The Balaban J connectivity index is 1.39. The molecule has 4 aromatic rings. The molecule has 3 heterocycles. The van der Waals surface area contributed by atoms with Gasteiger partial charge in [-0.25, -0.2) is 22.8 Å². The molecule has 1 aromatic carbocycles.